The maximum Gasteiger partial charge on any atom is 0.476 e. The zero-order chi connectivity index (χ0) is 52.1. The average molecular weight is 1110 g/mol. The van der Waals surface area contributed by atoms with E-state index in [2.05, 4.69) is 10.2 Å². The van der Waals surface area contributed by atoms with Gasteiger partial charge in [0, 0.05) is 19.3 Å². The molecule has 2 atom stereocenters. The number of nitriles is 2. The van der Waals surface area contributed by atoms with E-state index in [0.717, 1.165) is 0 Å². The number of ether oxygens (including phenoxy) is 2. The number of carbonyl (C=O) groups is 4. The molecule has 4 aromatic rings. The van der Waals surface area contributed by atoms with Crippen LogP contribution < -0.4 is 10.6 Å². The molecule has 69 heavy (non-hydrogen) atoms. The maximum absolute atomic E-state index is 13.6. The first-order chi connectivity index (χ1) is 31.8. The van der Waals surface area contributed by atoms with Gasteiger partial charge in [0.2, 0.25) is 11.8 Å². The number of alkyl halides is 12. The lowest BCUT2D eigenvalue weighted by Crippen LogP contribution is -2.22. The number of hydrogen-bond donors (Lipinski definition) is 2. The molecule has 2 aromatic carbocycles. The van der Waals surface area contributed by atoms with Gasteiger partial charge >= 0.3 is 35.3 Å². The molecule has 16 nitrogen and oxygen atoms in total. The second kappa shape index (κ2) is 22.0. The number of nitrogens with one attached hydrogen (secondary N) is 2. The summed E-state index contributed by atoms with van der Waals surface area (Å²) in [5.74, 6) is -7.26. The molecule has 2 N–H and O–H groups in total. The van der Waals surface area contributed by atoms with Crippen LogP contribution in [0.1, 0.15) is 54.6 Å². The third-order valence-corrected chi connectivity index (χ3v) is 11.8. The van der Waals surface area contributed by atoms with Gasteiger partial charge in [-0.1, -0.05) is 46.4 Å². The van der Waals surface area contributed by atoms with Crippen LogP contribution in [0, 0.1) is 22.7 Å². The van der Waals surface area contributed by atoms with E-state index in [1.165, 1.54) is 12.1 Å². The molecule has 0 radical (unpaired) electrons. The van der Waals surface area contributed by atoms with Crippen molar-refractivity contribution < 1.29 is 89.8 Å². The van der Waals surface area contributed by atoms with E-state index in [4.69, 9.17) is 55.9 Å². The van der Waals surface area contributed by atoms with Crippen LogP contribution in [0.4, 0.5) is 64.3 Å². The molecule has 2 unspecified atom stereocenters. The van der Waals surface area contributed by atoms with Gasteiger partial charge in [0.05, 0.1) is 57.3 Å². The molecule has 4 rings (SSSR count). The Morgan fingerprint density at radius 3 is 1.14 bits per heavy atom. The van der Waals surface area contributed by atoms with Crippen LogP contribution in [-0.2, 0) is 62.6 Å². The highest BCUT2D eigenvalue weighted by Gasteiger charge is 2.45. The molecule has 0 saturated carbocycles. The van der Waals surface area contributed by atoms with E-state index in [9.17, 15) is 90.8 Å². The van der Waals surface area contributed by atoms with Crippen LogP contribution >= 0.6 is 46.4 Å². The van der Waals surface area contributed by atoms with Gasteiger partial charge in [-0.05, 0) is 24.3 Å². The van der Waals surface area contributed by atoms with Crippen molar-refractivity contribution in [3.63, 3.8) is 0 Å². The van der Waals surface area contributed by atoms with Crippen LogP contribution in [0.2, 0.25) is 20.1 Å². The Balaban J connectivity index is 1.36. The largest absolute Gasteiger partial charge is 0.476 e. The summed E-state index contributed by atoms with van der Waals surface area (Å²) in [5.41, 5.74) is -18.0. The molecule has 34 heteroatoms. The normalized spacial score (nSPS) is 13.0. The monoisotopic (exact) mass is 1110 g/mol. The highest BCUT2D eigenvalue weighted by atomic mass is 35.5. The standard InChI is InChI=1S/C35H20Cl4F12N8O8S2/c36-16-8-14(32(40,41)42)9-17(37)26(16)58-30(28(20(12-52)56-58)68(64)34(46,47)48)54-22(60)2-4-24(62)66-6-1-7-67-25(63)5-3-23(61)55-31-29(69(65)35(49,50)51)21(13-53)57-59(31)27-18(38)10-15(11-19(27)39)33(43,44)45/h8-11H,1-7H2,(H,54,60)(H,55,61). The quantitative estimate of drug-likeness (QED) is 0.0608. The third-order valence-electron chi connectivity index (χ3n) is 8.24. The molecule has 0 aliphatic heterocycles. The predicted octanol–water partition coefficient (Wildman–Crippen LogP) is 9.32. The van der Waals surface area contributed by atoms with Gasteiger partial charge in [-0.25, -0.2) is 17.8 Å². The van der Waals surface area contributed by atoms with Crippen LogP contribution in [0.3, 0.4) is 0 Å². The Hall–Kier alpha value is -5.66. The third kappa shape index (κ3) is 13.8. The van der Waals surface area contributed by atoms with E-state index >= 15 is 0 Å². The fourth-order valence-electron chi connectivity index (χ4n) is 5.34. The number of rotatable bonds is 16. The molecule has 0 fully saturated rings. The van der Waals surface area contributed by atoms with Crippen molar-refractivity contribution in [2.24, 2.45) is 0 Å². The molecule has 0 aliphatic rings. The molecular formula is C35H20Cl4F12N8O8S2. The second-order valence-corrected chi connectivity index (χ2v) is 17.4. The first-order valence-electron chi connectivity index (χ1n) is 17.9. The lowest BCUT2D eigenvalue weighted by atomic mass is 10.2. The van der Waals surface area contributed by atoms with Gasteiger partial charge in [-0.2, -0.15) is 73.4 Å². The van der Waals surface area contributed by atoms with Gasteiger partial charge in [0.1, 0.15) is 33.3 Å². The van der Waals surface area contributed by atoms with E-state index in [1.807, 2.05) is 10.6 Å². The van der Waals surface area contributed by atoms with Crippen molar-refractivity contribution in [1.82, 2.24) is 19.6 Å². The SMILES string of the molecule is N#Cc1nn(-c2c(Cl)cc(C(F)(F)F)cc2Cl)c(NC(=O)CCC(=O)OCCCOC(=O)CCC(=O)Nc2c(S(=O)C(F)(F)F)c(C#N)nn2-c2c(Cl)cc(C(F)(F)F)cc2Cl)c1S(=O)C(F)(F)F. The van der Waals surface area contributed by atoms with Crippen LogP contribution in [-0.4, -0.2) is 76.0 Å². The van der Waals surface area contributed by atoms with Gasteiger partial charge in [-0.15, -0.1) is 0 Å². The molecule has 2 amide bonds. The predicted molar refractivity (Wildman–Crippen MR) is 214 cm³/mol. The first-order valence-corrected chi connectivity index (χ1v) is 21.7. The minimum absolute atomic E-state index is 0.241. The fraction of sp³-hybridized carbons (Fsp3) is 0.314. The Labute approximate surface area is 401 Å². The molecule has 2 heterocycles. The highest BCUT2D eigenvalue weighted by Crippen LogP contribution is 2.43. The van der Waals surface area contributed by atoms with Crippen LogP contribution in [0.5, 0.6) is 0 Å². The Bertz CT molecular complexity index is 2610. The van der Waals surface area contributed by atoms with E-state index in [1.54, 1.807) is 0 Å². The van der Waals surface area contributed by atoms with Crippen molar-refractivity contribution in [1.29, 1.82) is 10.5 Å². The lowest BCUT2D eigenvalue weighted by molar-refractivity contribution is -0.147. The highest BCUT2D eigenvalue weighted by molar-refractivity contribution is 7.86. The summed E-state index contributed by atoms with van der Waals surface area (Å²) in [4.78, 5) is 47.4. The first kappa shape index (κ1) is 55.9. The second-order valence-electron chi connectivity index (χ2n) is 13.0. The molecule has 0 aliphatic carbocycles. The zero-order valence-corrected chi connectivity index (χ0v) is 37.7. The molecule has 372 valence electrons. The van der Waals surface area contributed by atoms with Gasteiger partial charge in [0.25, 0.3) is 0 Å². The topological polar surface area (TPSA) is 228 Å². The molecule has 2 aromatic heterocycles. The smallest absolute Gasteiger partial charge is 0.466 e. The number of halogens is 16. The van der Waals surface area contributed by atoms with E-state index in [-0.39, 0.29) is 15.8 Å². The number of amides is 2. The molecular weight excluding hydrogens is 1090 g/mol. The molecule has 0 spiro atoms. The zero-order valence-electron chi connectivity index (χ0n) is 33.1. The summed E-state index contributed by atoms with van der Waals surface area (Å²) in [7, 11) is -8.21. The van der Waals surface area contributed by atoms with Crippen molar-refractivity contribution in [2.75, 3.05) is 23.8 Å². The van der Waals surface area contributed by atoms with Crippen LogP contribution in [0.25, 0.3) is 11.4 Å². The average Bonchev–Trinajstić information content (AvgIpc) is 3.76. The van der Waals surface area contributed by atoms with Crippen molar-refractivity contribution in [2.45, 2.75) is 65.3 Å². The number of carbonyl (C=O) groups excluding carboxylic acids is 4. The lowest BCUT2D eigenvalue weighted by Gasteiger charge is -2.16. The number of anilines is 2. The summed E-state index contributed by atoms with van der Waals surface area (Å²) in [5, 5.41) is 26.1. The molecule has 0 bridgehead atoms. The number of nitrogens with zero attached hydrogens (tertiary/aromatic N) is 6. The Kier molecular flexibility index (Phi) is 17.8. The molecule has 0 saturated heterocycles. The summed E-state index contributed by atoms with van der Waals surface area (Å²) in [6, 6.07) is 3.62. The van der Waals surface area contributed by atoms with Gasteiger partial charge in [-0.3, -0.25) is 19.2 Å². The van der Waals surface area contributed by atoms with Crippen molar-refractivity contribution in [3.8, 4) is 23.5 Å². The Morgan fingerprint density at radius 1 is 0.580 bits per heavy atom. The minimum atomic E-state index is -5.58. The summed E-state index contributed by atoms with van der Waals surface area (Å²) in [6.45, 7) is -1.04. The van der Waals surface area contributed by atoms with Crippen LogP contribution in [0.15, 0.2) is 34.1 Å². The minimum Gasteiger partial charge on any atom is -0.466 e. The summed E-state index contributed by atoms with van der Waals surface area (Å²) >= 11 is 23.8. The fourth-order valence-corrected chi connectivity index (χ4v) is 8.25. The Morgan fingerprint density at radius 2 is 0.884 bits per heavy atom. The number of esters is 2. The number of aromatic nitrogens is 4. The number of hydrogen-bond acceptors (Lipinski definition) is 12. The van der Waals surface area contributed by atoms with E-state index in [0.29, 0.717) is 24.3 Å². The van der Waals surface area contributed by atoms with Gasteiger partial charge in [0.15, 0.2) is 44.6 Å². The number of benzene rings is 2. The summed E-state index contributed by atoms with van der Waals surface area (Å²) < 4.78 is 197. The maximum atomic E-state index is 13.6. The van der Waals surface area contributed by atoms with Gasteiger partial charge < -0.3 is 20.1 Å². The summed E-state index contributed by atoms with van der Waals surface area (Å²) in [6.07, 6.45) is -13.7. The van der Waals surface area contributed by atoms with Crippen molar-refractivity contribution in [3.05, 3.63) is 66.9 Å². The van der Waals surface area contributed by atoms with E-state index < -0.39 is 183 Å². The van der Waals surface area contributed by atoms with Crippen molar-refractivity contribution >= 4 is 103 Å².